The summed E-state index contributed by atoms with van der Waals surface area (Å²) < 4.78 is 87.3. The number of carbonyl (C=O) groups is 2. The van der Waals surface area contributed by atoms with Crippen molar-refractivity contribution in [2.24, 2.45) is 0 Å². The van der Waals surface area contributed by atoms with Crippen LogP contribution in [0.25, 0.3) is 0 Å². The van der Waals surface area contributed by atoms with E-state index in [1.165, 1.54) is 13.3 Å². The predicted molar refractivity (Wildman–Crippen MR) is 176 cm³/mol. The number of fused-ring (bicyclic) bond motifs is 1. The molecule has 1 fully saturated rings. The lowest BCUT2D eigenvalue weighted by Gasteiger charge is -2.39. The Hall–Kier alpha value is -4.77. The molecule has 11 nitrogen and oxygen atoms in total. The lowest BCUT2D eigenvalue weighted by atomic mass is 10.1. The van der Waals surface area contributed by atoms with Crippen LogP contribution in [0.2, 0.25) is 5.02 Å². The number of methoxy groups -OCH3 is 1. The van der Waals surface area contributed by atoms with Gasteiger partial charge in [-0.15, -0.1) is 0 Å². The summed E-state index contributed by atoms with van der Waals surface area (Å²) in [7, 11) is 5.39. The highest BCUT2D eigenvalue weighted by molar-refractivity contribution is 6.34. The van der Waals surface area contributed by atoms with Gasteiger partial charge in [-0.05, 0) is 57.8 Å². The summed E-state index contributed by atoms with van der Waals surface area (Å²) in [5, 5.41) is 5.22. The van der Waals surface area contributed by atoms with Crippen LogP contribution < -0.4 is 25.2 Å². The molecule has 2 atom stereocenters. The highest BCUT2D eigenvalue weighted by Crippen LogP contribution is 2.43. The minimum Gasteiger partial charge on any atom is -0.494 e. The number of likely N-dealkylation sites (N-methyl/N-ethyl adjacent to an activating group) is 1. The van der Waals surface area contributed by atoms with Crippen LogP contribution in [0.1, 0.15) is 24.5 Å². The summed E-state index contributed by atoms with van der Waals surface area (Å²) in [6.07, 6.45) is -6.41. The zero-order chi connectivity index (χ0) is 36.7. The number of halogens is 7. The molecule has 18 heteroatoms. The molecule has 3 aromatic rings. The molecule has 0 spiro atoms. The predicted octanol–water partition coefficient (Wildman–Crippen LogP) is 7.19. The minimum absolute atomic E-state index is 0.0629. The van der Waals surface area contributed by atoms with Crippen molar-refractivity contribution in [1.29, 1.82) is 0 Å². The van der Waals surface area contributed by atoms with Crippen molar-refractivity contribution in [1.82, 2.24) is 19.8 Å². The number of anilines is 6. The average molecular weight is 727 g/mol. The van der Waals surface area contributed by atoms with Crippen molar-refractivity contribution in [2.75, 3.05) is 54.7 Å². The van der Waals surface area contributed by atoms with Crippen molar-refractivity contribution < 1.29 is 40.7 Å². The second-order valence-corrected chi connectivity index (χ2v) is 12.3. The summed E-state index contributed by atoms with van der Waals surface area (Å²) in [6, 6.07) is 2.20. The van der Waals surface area contributed by atoms with Crippen LogP contribution in [0.3, 0.4) is 0 Å². The zero-order valence-electron chi connectivity index (χ0n) is 27.3. The molecule has 3 amide bonds. The first-order valence-corrected chi connectivity index (χ1v) is 15.5. The van der Waals surface area contributed by atoms with Crippen LogP contribution in [0.4, 0.5) is 65.7 Å². The smallest absolute Gasteiger partial charge is 0.416 e. The number of nitrogens with one attached hydrogen (secondary N) is 2. The van der Waals surface area contributed by atoms with Gasteiger partial charge >= 0.3 is 18.4 Å². The van der Waals surface area contributed by atoms with Gasteiger partial charge in [0, 0.05) is 37.0 Å². The first-order valence-electron chi connectivity index (χ1n) is 15.2. The first-order chi connectivity index (χ1) is 23.4. The summed E-state index contributed by atoms with van der Waals surface area (Å²) in [5.74, 6) is -0.517. The largest absolute Gasteiger partial charge is 0.494 e. The Labute approximate surface area is 288 Å². The van der Waals surface area contributed by atoms with Gasteiger partial charge in [0.15, 0.2) is 5.82 Å². The summed E-state index contributed by atoms with van der Waals surface area (Å²) >= 11 is 6.23. The van der Waals surface area contributed by atoms with Crippen LogP contribution in [0.5, 0.6) is 5.75 Å². The molecule has 50 heavy (non-hydrogen) atoms. The first kappa shape index (κ1) is 36.5. The molecule has 0 bridgehead atoms. The van der Waals surface area contributed by atoms with Crippen molar-refractivity contribution in [3.63, 3.8) is 0 Å². The Kier molecular flexibility index (Phi) is 10.1. The minimum atomic E-state index is -4.82. The van der Waals surface area contributed by atoms with Crippen LogP contribution >= 0.6 is 11.6 Å². The van der Waals surface area contributed by atoms with Gasteiger partial charge in [0.2, 0.25) is 11.9 Å². The third-order valence-electron chi connectivity index (χ3n) is 8.53. The molecule has 0 saturated carbocycles. The number of alkyl halides is 6. The Balaban J connectivity index is 1.58. The highest BCUT2D eigenvalue weighted by Gasteiger charge is 2.47. The van der Waals surface area contributed by atoms with Crippen molar-refractivity contribution >= 4 is 58.1 Å². The van der Waals surface area contributed by atoms with E-state index in [1.54, 1.807) is 12.1 Å². The van der Waals surface area contributed by atoms with Crippen LogP contribution in [0.15, 0.2) is 49.2 Å². The number of urea groups is 1. The zero-order valence-corrected chi connectivity index (χ0v) is 28.0. The lowest BCUT2D eigenvalue weighted by Crippen LogP contribution is -2.53. The number of amides is 3. The third-order valence-corrected chi connectivity index (χ3v) is 8.83. The number of aromatic nitrogens is 2. The number of nitrogens with zero attached hydrogens (tertiary/aromatic N) is 6. The van der Waals surface area contributed by atoms with Crippen molar-refractivity contribution in [2.45, 2.75) is 44.3 Å². The maximum Gasteiger partial charge on any atom is 0.416 e. The van der Waals surface area contributed by atoms with E-state index >= 15 is 0 Å². The highest BCUT2D eigenvalue weighted by atomic mass is 35.5. The van der Waals surface area contributed by atoms with E-state index in [0.29, 0.717) is 47.2 Å². The van der Waals surface area contributed by atoms with E-state index in [1.807, 2.05) is 14.1 Å². The van der Waals surface area contributed by atoms with E-state index in [2.05, 4.69) is 37.0 Å². The van der Waals surface area contributed by atoms with Crippen LogP contribution in [0, 0.1) is 0 Å². The number of carbonyl (C=O) groups excluding carboxylic acids is 2. The molecule has 0 unspecified atom stereocenters. The monoisotopic (exact) mass is 726 g/mol. The van der Waals surface area contributed by atoms with Gasteiger partial charge in [-0.3, -0.25) is 4.79 Å². The number of hydrogen-bond acceptors (Lipinski definition) is 8. The Morgan fingerprint density at radius 1 is 1.14 bits per heavy atom. The van der Waals surface area contributed by atoms with E-state index in [0.717, 1.165) is 30.4 Å². The van der Waals surface area contributed by atoms with Crippen molar-refractivity contribution in [3.8, 4) is 5.75 Å². The van der Waals surface area contributed by atoms with E-state index in [-0.39, 0.29) is 34.7 Å². The van der Waals surface area contributed by atoms with E-state index in [4.69, 9.17) is 16.3 Å². The summed E-state index contributed by atoms with van der Waals surface area (Å²) in [5.41, 5.74) is -0.0396. The Bertz CT molecular complexity index is 1800. The SMILES string of the molecule is C=CC(=O)Nc1cc(Nc2ncc3c(n2)N(c2ccc(C(F)(F)F)cc2Cl)C(=O)N([C@@H](C)C(F)(F)F)C3)c(OC)cc1N1CC[C@@H](N(C)C)C1. The quantitative estimate of drug-likeness (QED) is 0.176. The Morgan fingerprint density at radius 2 is 1.86 bits per heavy atom. The average Bonchev–Trinajstić information content (AvgIpc) is 3.54. The number of rotatable bonds is 9. The van der Waals surface area contributed by atoms with E-state index < -0.39 is 47.5 Å². The molecule has 0 aliphatic carbocycles. The molecular weight excluding hydrogens is 694 g/mol. The molecule has 1 aromatic heterocycles. The second-order valence-electron chi connectivity index (χ2n) is 11.9. The maximum atomic E-state index is 13.8. The molecular formula is C32H33ClF6N8O3. The molecule has 2 aromatic carbocycles. The number of ether oxygens (including phenoxy) is 1. The molecule has 5 rings (SSSR count). The molecule has 1 saturated heterocycles. The topological polar surface area (TPSA) is 106 Å². The molecule has 2 N–H and O–H groups in total. The van der Waals surface area contributed by atoms with Crippen molar-refractivity contribution in [3.05, 3.63) is 65.3 Å². The second kappa shape index (κ2) is 13.9. The number of benzene rings is 2. The molecule has 2 aliphatic rings. The van der Waals surface area contributed by atoms with Crippen LogP contribution in [-0.4, -0.2) is 84.3 Å². The number of hydrogen-bond donors (Lipinski definition) is 2. The fourth-order valence-corrected chi connectivity index (χ4v) is 5.94. The molecule has 0 radical (unpaired) electrons. The van der Waals surface area contributed by atoms with Gasteiger partial charge in [-0.25, -0.2) is 14.7 Å². The van der Waals surface area contributed by atoms with Gasteiger partial charge in [-0.1, -0.05) is 18.2 Å². The van der Waals surface area contributed by atoms with Gasteiger partial charge in [0.25, 0.3) is 0 Å². The normalized spacial score (nSPS) is 17.2. The van der Waals surface area contributed by atoms with Gasteiger partial charge in [-0.2, -0.15) is 31.3 Å². The molecule has 3 heterocycles. The van der Waals surface area contributed by atoms with Gasteiger partial charge in [0.05, 0.1) is 47.0 Å². The lowest BCUT2D eigenvalue weighted by molar-refractivity contribution is -0.172. The van der Waals surface area contributed by atoms with Gasteiger partial charge in [0.1, 0.15) is 11.8 Å². The van der Waals surface area contributed by atoms with Gasteiger partial charge < -0.3 is 30.1 Å². The Morgan fingerprint density at radius 3 is 2.44 bits per heavy atom. The standard InChI is InChI=1S/C32H33ClF6N8O3/c1-6-27(48)41-22-12-23(26(50-5)13-25(22)45-10-9-20(16-45)44(3)4)42-29-40-14-18-15-46(17(2)31(34,35)36)30(49)47(28(18)43-29)24-8-7-19(11-21(24)33)32(37,38)39/h6-8,11-14,17,20H,1,9-10,15-16H2,2-5H3,(H,41,48)(H,40,42,43)/t17-,20+/m0/s1. The fraction of sp³-hybridized carbons (Fsp3) is 0.375. The molecule has 2 aliphatic heterocycles. The van der Waals surface area contributed by atoms with E-state index in [9.17, 15) is 35.9 Å². The molecule has 268 valence electrons. The maximum absolute atomic E-state index is 13.8. The van der Waals surface area contributed by atoms with Crippen LogP contribution in [-0.2, 0) is 17.5 Å². The summed E-state index contributed by atoms with van der Waals surface area (Å²) in [4.78, 5) is 40.2. The summed E-state index contributed by atoms with van der Waals surface area (Å²) in [6.45, 7) is 5.13. The third kappa shape index (κ3) is 7.38. The fourth-order valence-electron chi connectivity index (χ4n) is 5.68.